The Balaban J connectivity index is -0.000000251. The minimum absolute atomic E-state index is 0.364. The van der Waals surface area contributed by atoms with E-state index in [9.17, 15) is 0 Å². The molecular weight excluding hydrogens is 1240 g/mol. The van der Waals surface area contributed by atoms with Gasteiger partial charge in [0, 0.05) is 110 Å². The van der Waals surface area contributed by atoms with E-state index in [0.717, 1.165) is 47.3 Å². The lowest BCUT2D eigenvalue weighted by molar-refractivity contribution is 0.0224. The molecule has 102 heavy (non-hydrogen) atoms. The number of likely N-dealkylation sites (tertiary alicyclic amines) is 8. The van der Waals surface area contributed by atoms with E-state index in [2.05, 4.69) is 372 Å². The molecule has 0 aliphatic carbocycles. The predicted octanol–water partition coefficient (Wildman–Crippen LogP) is 26.8. The van der Waals surface area contributed by atoms with Gasteiger partial charge < -0.3 is 0 Å². The van der Waals surface area contributed by atoms with Crippen molar-refractivity contribution in [3.05, 3.63) is 0 Å². The molecule has 8 saturated heterocycles. The molecule has 0 aromatic carbocycles. The summed E-state index contributed by atoms with van der Waals surface area (Å²) < 4.78 is 0. The molecule has 0 unspecified atom stereocenters. The zero-order valence-corrected chi connectivity index (χ0v) is 81.0. The fourth-order valence-electron chi connectivity index (χ4n) is 12.9. The molecule has 0 N–H and O–H groups in total. The van der Waals surface area contributed by atoms with Crippen molar-refractivity contribution in [2.24, 2.45) is 58.2 Å². The Morgan fingerprint density at radius 3 is 0.363 bits per heavy atom. The van der Waals surface area contributed by atoms with E-state index in [1.54, 1.807) is 0 Å². The van der Waals surface area contributed by atoms with E-state index in [0.29, 0.717) is 55.1 Å². The van der Waals surface area contributed by atoms with Crippen LogP contribution in [0.15, 0.2) is 0 Å². The third kappa shape index (κ3) is 57.7. The summed E-state index contributed by atoms with van der Waals surface area (Å²) in [4.78, 5) is 20.4. The number of piperidine rings is 2. The van der Waals surface area contributed by atoms with Gasteiger partial charge in [0.05, 0.1) is 0 Å². The molecule has 0 saturated carbocycles. The van der Waals surface area contributed by atoms with Crippen molar-refractivity contribution in [1.29, 1.82) is 0 Å². The maximum atomic E-state index is 2.62. The summed E-state index contributed by atoms with van der Waals surface area (Å²) in [7, 11) is 0. The number of hydrogen-bond donors (Lipinski definition) is 0. The Kier molecular flexibility index (Phi) is 60.0. The number of nitrogens with zero attached hydrogens (tertiary/aromatic N) is 8. The van der Waals surface area contributed by atoms with Crippen LogP contribution in [0.2, 0.25) is 0 Å². The maximum absolute atomic E-state index is 2.62. The zero-order chi connectivity index (χ0) is 82.0. The Morgan fingerprint density at radius 2 is 0.294 bits per heavy atom. The summed E-state index contributed by atoms with van der Waals surface area (Å²) >= 11 is 0. The molecule has 0 aromatic heterocycles. The Labute approximate surface area is 652 Å². The van der Waals surface area contributed by atoms with Crippen molar-refractivity contribution < 1.29 is 0 Å². The Morgan fingerprint density at radius 1 is 0.176 bits per heavy atom. The predicted molar refractivity (Wildman–Crippen MR) is 475 cm³/mol. The van der Waals surface area contributed by atoms with E-state index >= 15 is 0 Å². The largest absolute Gasteiger partial charge is 0.298 e. The monoisotopic (exact) mass is 1450 g/mol. The quantitative estimate of drug-likeness (QED) is 0.237. The van der Waals surface area contributed by atoms with Crippen molar-refractivity contribution in [1.82, 2.24) is 39.2 Å². The van der Waals surface area contributed by atoms with Crippen LogP contribution in [0, 0.1) is 58.2 Å². The number of rotatable bonds is 0. The van der Waals surface area contributed by atoms with E-state index in [1.807, 2.05) is 0 Å². The first-order valence-electron chi connectivity index (χ1n) is 43.9. The third-order valence-electron chi connectivity index (χ3n) is 20.1. The normalized spacial score (nSPS) is 21.5. The first kappa shape index (κ1) is 113. The van der Waals surface area contributed by atoms with Gasteiger partial charge in [-0.15, -0.1) is 0 Å². The van der Waals surface area contributed by atoms with Crippen LogP contribution in [0.1, 0.15) is 409 Å². The van der Waals surface area contributed by atoms with Gasteiger partial charge in [-0.05, 0) is 302 Å². The van der Waals surface area contributed by atoms with E-state index in [-0.39, 0.29) is 0 Å². The second kappa shape index (κ2) is 54.3. The highest BCUT2D eigenvalue weighted by molar-refractivity contribution is 4.92. The van der Waals surface area contributed by atoms with Crippen LogP contribution in [0.4, 0.5) is 0 Å². The van der Waals surface area contributed by atoms with E-state index in [1.165, 1.54) is 182 Å². The van der Waals surface area contributed by atoms with Crippen LogP contribution in [-0.2, 0) is 0 Å². The lowest BCUT2D eigenvalue weighted by Crippen LogP contribution is -2.54. The topological polar surface area (TPSA) is 25.9 Å². The summed E-state index contributed by atoms with van der Waals surface area (Å²) in [6, 6.07) is 0. The van der Waals surface area contributed by atoms with Crippen molar-refractivity contribution >= 4 is 0 Å². The molecule has 8 fully saturated rings. The standard InChI is InChI=1S/2C13H27N.2C9H19N.4C8H17N.6C3H8/c2*1-12(2,3)11-7-9-14(10-8-11)13(4,5)6;2*1-8-5-6-10(7-8)9(2,3)4;4*1-7-5-9(6-7)8(2,3)4;6*1-3-2/h2*11H,7-10H2,1-6H3;2*8H,5-7H2,1-4H3;4*7H,5-6H2,1-4H3;6*3H2,1-2H3/t;;2*8-;;;;;;;;;;/m..10........../s1. The average molecular weight is 1450 g/mol. The van der Waals surface area contributed by atoms with Crippen LogP contribution < -0.4 is 0 Å². The van der Waals surface area contributed by atoms with Crippen LogP contribution >= 0.6 is 0 Å². The third-order valence-corrected chi connectivity index (χ3v) is 20.1. The molecule has 0 aromatic rings. The van der Waals surface area contributed by atoms with Gasteiger partial charge in [-0.25, -0.2) is 0 Å². The van der Waals surface area contributed by atoms with Gasteiger partial charge in [-0.2, -0.15) is 0 Å². The van der Waals surface area contributed by atoms with Gasteiger partial charge in [-0.3, -0.25) is 39.2 Å². The minimum atomic E-state index is 0.364. The summed E-state index contributed by atoms with van der Waals surface area (Å²) in [5.74, 6) is 7.41. The summed E-state index contributed by atoms with van der Waals surface area (Å²) in [6.07, 6.45) is 15.8. The fraction of sp³-hybridized carbons (Fsp3) is 1.00. The van der Waals surface area contributed by atoms with Crippen LogP contribution in [0.25, 0.3) is 0 Å². The molecule has 0 radical (unpaired) electrons. The highest BCUT2D eigenvalue weighted by atomic mass is 15.3. The molecule has 8 heterocycles. The molecule has 8 heteroatoms. The van der Waals surface area contributed by atoms with Crippen LogP contribution in [-0.4, -0.2) is 188 Å². The number of hydrogen-bond acceptors (Lipinski definition) is 8. The molecule has 8 aliphatic rings. The summed E-state index contributed by atoms with van der Waals surface area (Å²) in [5, 5.41) is 0. The molecule has 0 amide bonds. The molecular formula is C94H208N8. The molecule has 2 atom stereocenters. The molecule has 8 rings (SSSR count). The Bertz CT molecular complexity index is 1590. The zero-order valence-electron chi connectivity index (χ0n) is 81.0. The average Bonchev–Trinajstić information content (AvgIpc) is 1.46. The SMILES string of the molecule is CC(C)(C)C1CCN(C(C)(C)C)CC1.CC(C)(C)C1CCN(C(C)(C)C)CC1.CC1CN(C(C)(C)C)C1.CC1CN(C(C)(C)C)C1.CC1CN(C(C)(C)C)C1.CC1CN(C(C)(C)C)C1.CCC.CCC.CCC.CCC.CCC.CCC.C[C@@H]1CCN(C(C)(C)C)C1.C[C@H]1CCN(C(C)(C)C)C1. The second-order valence-corrected chi connectivity index (χ2v) is 43.6. The molecule has 0 bridgehead atoms. The minimum Gasteiger partial charge on any atom is -0.298 e. The summed E-state index contributed by atoms with van der Waals surface area (Å²) in [5.41, 5.74) is 4.16. The van der Waals surface area contributed by atoms with E-state index in [4.69, 9.17) is 0 Å². The van der Waals surface area contributed by atoms with Gasteiger partial charge in [0.25, 0.3) is 0 Å². The van der Waals surface area contributed by atoms with Crippen molar-refractivity contribution in [3.8, 4) is 0 Å². The second-order valence-electron chi connectivity index (χ2n) is 43.6. The lowest BCUT2D eigenvalue weighted by Gasteiger charge is -2.46. The molecule has 624 valence electrons. The highest BCUT2D eigenvalue weighted by Crippen LogP contribution is 2.38. The molecule has 8 nitrogen and oxygen atoms in total. The van der Waals surface area contributed by atoms with Crippen molar-refractivity contribution in [3.63, 3.8) is 0 Å². The van der Waals surface area contributed by atoms with Gasteiger partial charge in [0.2, 0.25) is 0 Å². The highest BCUT2D eigenvalue weighted by Gasteiger charge is 2.37. The van der Waals surface area contributed by atoms with Gasteiger partial charge in [0.1, 0.15) is 0 Å². The smallest absolute Gasteiger partial charge is 0.0125 e. The first-order valence-corrected chi connectivity index (χ1v) is 43.9. The fourth-order valence-corrected chi connectivity index (χ4v) is 12.9. The first-order chi connectivity index (χ1) is 45.9. The van der Waals surface area contributed by atoms with Crippen molar-refractivity contribution in [2.75, 3.05) is 105 Å². The lowest BCUT2D eigenvalue weighted by atomic mass is 9.75. The molecule has 8 aliphatic heterocycles. The maximum Gasteiger partial charge on any atom is 0.0125 e. The Hall–Kier alpha value is -0.320. The molecule has 0 spiro atoms. The van der Waals surface area contributed by atoms with Gasteiger partial charge in [0.15, 0.2) is 0 Å². The van der Waals surface area contributed by atoms with Crippen LogP contribution in [0.5, 0.6) is 0 Å². The van der Waals surface area contributed by atoms with E-state index < -0.39 is 0 Å². The van der Waals surface area contributed by atoms with Crippen LogP contribution in [0.3, 0.4) is 0 Å². The summed E-state index contributed by atoms with van der Waals surface area (Å²) in [6.45, 7) is 129. The van der Waals surface area contributed by atoms with Crippen molar-refractivity contribution in [2.45, 2.75) is 454 Å². The van der Waals surface area contributed by atoms with Gasteiger partial charge in [-0.1, -0.05) is 205 Å². The van der Waals surface area contributed by atoms with Gasteiger partial charge >= 0.3 is 0 Å².